The van der Waals surface area contributed by atoms with Crippen LogP contribution in [0.4, 0.5) is 0 Å². The van der Waals surface area contributed by atoms with Crippen molar-refractivity contribution in [1.29, 1.82) is 0 Å². The molecule has 0 aliphatic carbocycles. The molecule has 4 heteroatoms. The number of methoxy groups -OCH3 is 2. The first-order valence-corrected chi connectivity index (χ1v) is 6.41. The van der Waals surface area contributed by atoms with Crippen molar-refractivity contribution in [2.45, 2.75) is 6.56 Å². The summed E-state index contributed by atoms with van der Waals surface area (Å²) in [5.74, 6) is 1.16. The minimum absolute atomic E-state index is 0.145. The van der Waals surface area contributed by atoms with Crippen LogP contribution in [0.1, 0.15) is 8.30 Å². The first-order valence-electron chi connectivity index (χ1n) is 7.41. The Balaban J connectivity index is 2.20. The molecule has 0 aliphatic rings. The number of benzene rings is 2. The average molecular weight is 286 g/mol. The van der Waals surface area contributed by atoms with Crippen molar-refractivity contribution >= 4 is 11.0 Å². The standard InChI is InChI=1S/C17H16O4/c1-19-10-12-8-14(20-2)4-5-15(12)17-9-11-7-13(18)3-6-16(11)21-17/h3-9,18H,10H2,1-2H3/i10D2. The van der Waals surface area contributed by atoms with E-state index in [9.17, 15) is 5.11 Å². The van der Waals surface area contributed by atoms with E-state index >= 15 is 0 Å². The Morgan fingerprint density at radius 3 is 2.76 bits per heavy atom. The maximum absolute atomic E-state index is 9.56. The zero-order valence-corrected chi connectivity index (χ0v) is 11.7. The molecular formula is C17H16O4. The van der Waals surface area contributed by atoms with Crippen LogP contribution in [-0.2, 0) is 11.3 Å². The molecule has 1 N–H and O–H groups in total. The summed E-state index contributed by atoms with van der Waals surface area (Å²) in [5.41, 5.74) is 1.48. The summed E-state index contributed by atoms with van der Waals surface area (Å²) in [5, 5.41) is 10.3. The number of furan rings is 1. The Labute approximate surface area is 125 Å². The van der Waals surface area contributed by atoms with E-state index in [0.29, 0.717) is 28.2 Å². The highest BCUT2D eigenvalue weighted by Crippen LogP contribution is 2.33. The van der Waals surface area contributed by atoms with E-state index in [0.717, 1.165) is 5.39 Å². The van der Waals surface area contributed by atoms with Crippen LogP contribution in [0.15, 0.2) is 46.9 Å². The molecular weight excluding hydrogens is 268 g/mol. The minimum atomic E-state index is -2.00. The number of hydrogen-bond acceptors (Lipinski definition) is 4. The topological polar surface area (TPSA) is 51.8 Å². The molecule has 0 aliphatic heterocycles. The molecule has 0 saturated heterocycles. The highest BCUT2D eigenvalue weighted by atomic mass is 16.5. The minimum Gasteiger partial charge on any atom is -0.508 e. The molecule has 3 rings (SSSR count). The fourth-order valence-corrected chi connectivity index (χ4v) is 2.22. The number of phenols is 1. The maximum Gasteiger partial charge on any atom is 0.135 e. The second-order valence-corrected chi connectivity index (χ2v) is 4.55. The first kappa shape index (κ1) is 11.2. The molecule has 0 spiro atoms. The van der Waals surface area contributed by atoms with Crippen LogP contribution in [0.2, 0.25) is 0 Å². The van der Waals surface area contributed by atoms with Crippen LogP contribution in [0, 0.1) is 0 Å². The van der Waals surface area contributed by atoms with Crippen LogP contribution >= 0.6 is 0 Å². The molecule has 0 atom stereocenters. The van der Waals surface area contributed by atoms with Gasteiger partial charge in [-0.05, 0) is 48.0 Å². The van der Waals surface area contributed by atoms with Gasteiger partial charge >= 0.3 is 0 Å². The molecule has 21 heavy (non-hydrogen) atoms. The summed E-state index contributed by atoms with van der Waals surface area (Å²) >= 11 is 0. The Morgan fingerprint density at radius 2 is 2.00 bits per heavy atom. The number of rotatable bonds is 4. The number of hydrogen-bond donors (Lipinski definition) is 1. The predicted octanol–water partition coefficient (Wildman–Crippen LogP) is 3.96. The smallest absolute Gasteiger partial charge is 0.135 e. The summed E-state index contributed by atoms with van der Waals surface area (Å²) < 4.78 is 32.0. The summed E-state index contributed by atoms with van der Waals surface area (Å²) in [6.07, 6.45) is 0. The highest BCUT2D eigenvalue weighted by molar-refractivity contribution is 5.84. The number of fused-ring (bicyclic) bond motifs is 1. The predicted molar refractivity (Wildman–Crippen MR) is 80.6 cm³/mol. The Kier molecular flexibility index (Phi) is 2.94. The van der Waals surface area contributed by atoms with Gasteiger partial charge in [0.15, 0.2) is 0 Å². The average Bonchev–Trinajstić information content (AvgIpc) is 2.97. The van der Waals surface area contributed by atoms with Crippen LogP contribution in [0.25, 0.3) is 22.3 Å². The molecule has 108 valence electrons. The normalized spacial score (nSPS) is 13.0. The third-order valence-electron chi connectivity index (χ3n) is 3.20. The number of aromatic hydroxyl groups is 1. The van der Waals surface area contributed by atoms with E-state index in [1.54, 1.807) is 42.5 Å². The van der Waals surface area contributed by atoms with Crippen molar-refractivity contribution in [3.8, 4) is 22.8 Å². The lowest BCUT2D eigenvalue weighted by Crippen LogP contribution is -1.93. The second kappa shape index (κ2) is 5.50. The first-order chi connectivity index (χ1) is 10.9. The summed E-state index contributed by atoms with van der Waals surface area (Å²) in [4.78, 5) is 0. The van der Waals surface area contributed by atoms with Crippen molar-refractivity contribution in [1.82, 2.24) is 0 Å². The molecule has 0 fully saturated rings. The molecule has 2 aromatic carbocycles. The lowest BCUT2D eigenvalue weighted by Gasteiger charge is -2.08. The molecule has 1 aromatic heterocycles. The van der Waals surface area contributed by atoms with Gasteiger partial charge in [0, 0.05) is 18.1 Å². The Hall–Kier alpha value is -2.46. The van der Waals surface area contributed by atoms with Gasteiger partial charge in [0.1, 0.15) is 22.8 Å². The molecule has 4 nitrogen and oxygen atoms in total. The van der Waals surface area contributed by atoms with E-state index < -0.39 is 6.56 Å². The fraction of sp³-hybridized carbons (Fsp3) is 0.176. The summed E-state index contributed by atoms with van der Waals surface area (Å²) in [6, 6.07) is 11.6. The van der Waals surface area contributed by atoms with Crippen molar-refractivity contribution in [3.05, 3.63) is 48.0 Å². The number of ether oxygens (including phenoxy) is 2. The van der Waals surface area contributed by atoms with E-state index in [1.807, 2.05) is 0 Å². The van der Waals surface area contributed by atoms with E-state index in [4.69, 9.17) is 16.6 Å². The van der Waals surface area contributed by atoms with Gasteiger partial charge in [0.25, 0.3) is 0 Å². The van der Waals surface area contributed by atoms with Gasteiger partial charge in [-0.25, -0.2) is 0 Å². The van der Waals surface area contributed by atoms with Crippen molar-refractivity contribution < 1.29 is 21.7 Å². The SMILES string of the molecule is [2H]C([2H])(OC)c1cc(OC)ccc1-c1cc2cc(O)ccc2o1. The molecule has 0 saturated carbocycles. The van der Waals surface area contributed by atoms with E-state index in [2.05, 4.69) is 0 Å². The molecule has 0 amide bonds. The zero-order valence-electron chi connectivity index (χ0n) is 13.7. The second-order valence-electron chi connectivity index (χ2n) is 4.55. The van der Waals surface area contributed by atoms with E-state index in [-0.39, 0.29) is 5.75 Å². The van der Waals surface area contributed by atoms with Gasteiger partial charge in [-0.3, -0.25) is 0 Å². The van der Waals surface area contributed by atoms with Crippen LogP contribution in [-0.4, -0.2) is 19.3 Å². The fourth-order valence-electron chi connectivity index (χ4n) is 2.22. The lowest BCUT2D eigenvalue weighted by molar-refractivity contribution is 0.185. The molecule has 0 radical (unpaired) electrons. The van der Waals surface area contributed by atoms with Gasteiger partial charge in [-0.1, -0.05) is 0 Å². The van der Waals surface area contributed by atoms with E-state index in [1.165, 1.54) is 14.2 Å². The highest BCUT2D eigenvalue weighted by Gasteiger charge is 2.12. The van der Waals surface area contributed by atoms with Gasteiger partial charge in [0.2, 0.25) is 0 Å². The maximum atomic E-state index is 9.56. The lowest BCUT2D eigenvalue weighted by atomic mass is 10.0. The van der Waals surface area contributed by atoms with Crippen molar-refractivity contribution in [3.63, 3.8) is 0 Å². The third-order valence-corrected chi connectivity index (χ3v) is 3.20. The van der Waals surface area contributed by atoms with Gasteiger partial charge in [0.05, 0.1) is 16.4 Å². The van der Waals surface area contributed by atoms with Crippen molar-refractivity contribution in [2.75, 3.05) is 14.2 Å². The van der Waals surface area contributed by atoms with Gasteiger partial charge in [-0.15, -0.1) is 0 Å². The summed E-state index contributed by atoms with van der Waals surface area (Å²) in [7, 11) is 2.82. The zero-order chi connectivity index (χ0) is 16.6. The molecule has 1 heterocycles. The Morgan fingerprint density at radius 1 is 1.14 bits per heavy atom. The van der Waals surface area contributed by atoms with Crippen molar-refractivity contribution in [2.24, 2.45) is 0 Å². The molecule has 0 bridgehead atoms. The van der Waals surface area contributed by atoms with Crippen LogP contribution < -0.4 is 4.74 Å². The van der Waals surface area contributed by atoms with Gasteiger partial charge in [-0.2, -0.15) is 0 Å². The molecule has 0 unspecified atom stereocenters. The third kappa shape index (κ3) is 2.58. The van der Waals surface area contributed by atoms with Crippen LogP contribution in [0.5, 0.6) is 11.5 Å². The monoisotopic (exact) mass is 286 g/mol. The largest absolute Gasteiger partial charge is 0.508 e. The van der Waals surface area contributed by atoms with Gasteiger partial charge < -0.3 is 19.0 Å². The van der Waals surface area contributed by atoms with Crippen LogP contribution in [0.3, 0.4) is 0 Å². The summed E-state index contributed by atoms with van der Waals surface area (Å²) in [6.45, 7) is -2.00. The quantitative estimate of drug-likeness (QED) is 0.788. The number of phenolic OH excluding ortho intramolecular Hbond substituents is 1. The molecule has 3 aromatic rings. The Bertz CT molecular complexity index is 855.